The molecule has 2 N–H and O–H groups in total. The second-order valence-electron chi connectivity index (χ2n) is 3.97. The Labute approximate surface area is 109 Å². The molecule has 4 nitrogen and oxygen atoms in total. The first-order chi connectivity index (χ1) is 8.79. The van der Waals surface area contributed by atoms with Gasteiger partial charge in [-0.05, 0) is 19.4 Å². The number of methoxy groups -OCH3 is 1. The van der Waals surface area contributed by atoms with Crippen molar-refractivity contribution in [2.24, 2.45) is 5.73 Å². The molecule has 102 valence electrons. The van der Waals surface area contributed by atoms with Crippen molar-refractivity contribution in [2.45, 2.75) is 19.4 Å². The molecule has 1 atom stereocenters. The molecule has 18 heavy (non-hydrogen) atoms. The van der Waals surface area contributed by atoms with Gasteiger partial charge in [-0.15, -0.1) is 0 Å². The quantitative estimate of drug-likeness (QED) is 0.685. The van der Waals surface area contributed by atoms with Crippen molar-refractivity contribution < 1.29 is 14.2 Å². The highest BCUT2D eigenvalue weighted by Crippen LogP contribution is 2.25. The molecule has 4 heteroatoms. The minimum Gasteiger partial charge on any atom is -0.491 e. The van der Waals surface area contributed by atoms with Gasteiger partial charge in [0.2, 0.25) is 0 Å². The van der Waals surface area contributed by atoms with E-state index < -0.39 is 0 Å². The molecule has 0 bridgehead atoms. The van der Waals surface area contributed by atoms with Gasteiger partial charge in [0.25, 0.3) is 0 Å². The van der Waals surface area contributed by atoms with Crippen molar-refractivity contribution in [1.29, 1.82) is 0 Å². The van der Waals surface area contributed by atoms with E-state index in [2.05, 4.69) is 0 Å². The first-order valence-electron chi connectivity index (χ1n) is 6.33. The van der Waals surface area contributed by atoms with Gasteiger partial charge in [-0.2, -0.15) is 0 Å². The predicted octanol–water partition coefficient (Wildman–Crippen LogP) is 2.14. The second kappa shape index (κ2) is 8.91. The molecule has 0 aromatic heterocycles. The number of rotatable bonds is 9. The van der Waals surface area contributed by atoms with Crippen LogP contribution in [0.15, 0.2) is 24.3 Å². The van der Waals surface area contributed by atoms with Crippen LogP contribution in [0.25, 0.3) is 0 Å². The summed E-state index contributed by atoms with van der Waals surface area (Å²) in [6.45, 7) is 4.48. The third kappa shape index (κ3) is 5.04. The zero-order valence-corrected chi connectivity index (χ0v) is 11.2. The normalized spacial score (nSPS) is 12.4. The van der Waals surface area contributed by atoms with Crippen LogP contribution in [0.2, 0.25) is 0 Å². The molecule has 0 saturated carbocycles. The van der Waals surface area contributed by atoms with Gasteiger partial charge in [0.15, 0.2) is 0 Å². The first kappa shape index (κ1) is 15.0. The molecule has 0 radical (unpaired) electrons. The van der Waals surface area contributed by atoms with Crippen molar-refractivity contribution >= 4 is 0 Å². The van der Waals surface area contributed by atoms with E-state index in [0.717, 1.165) is 24.3 Å². The van der Waals surface area contributed by atoms with Gasteiger partial charge in [-0.1, -0.05) is 18.2 Å². The smallest absolute Gasteiger partial charge is 0.124 e. The third-order valence-electron chi connectivity index (χ3n) is 2.64. The van der Waals surface area contributed by atoms with Crippen LogP contribution >= 0.6 is 0 Å². The summed E-state index contributed by atoms with van der Waals surface area (Å²) < 4.78 is 15.9. The highest BCUT2D eigenvalue weighted by Gasteiger charge is 2.11. The molecule has 0 amide bonds. The molecule has 0 spiro atoms. The number of hydrogen-bond donors (Lipinski definition) is 1. The van der Waals surface area contributed by atoms with Crippen molar-refractivity contribution in [2.75, 3.05) is 33.5 Å². The zero-order chi connectivity index (χ0) is 13.2. The maximum absolute atomic E-state index is 6.15. The van der Waals surface area contributed by atoms with E-state index in [1.54, 1.807) is 7.11 Å². The molecule has 0 saturated heterocycles. The fourth-order valence-electron chi connectivity index (χ4n) is 1.66. The van der Waals surface area contributed by atoms with Crippen LogP contribution in [0.3, 0.4) is 0 Å². The molecular weight excluding hydrogens is 230 g/mol. The Bertz CT molecular complexity index is 331. The average Bonchev–Trinajstić information content (AvgIpc) is 2.40. The maximum Gasteiger partial charge on any atom is 0.124 e. The standard InChI is InChI=1S/C14H23NO3/c1-3-17-9-8-13(15)12-6-4-5-7-14(12)18-11-10-16-2/h4-7,13H,3,8-11,15H2,1-2H3. The second-order valence-corrected chi connectivity index (χ2v) is 3.97. The highest BCUT2D eigenvalue weighted by molar-refractivity contribution is 5.35. The maximum atomic E-state index is 6.15. The lowest BCUT2D eigenvalue weighted by Gasteiger charge is -2.16. The third-order valence-corrected chi connectivity index (χ3v) is 2.64. The fraction of sp³-hybridized carbons (Fsp3) is 0.571. The summed E-state index contributed by atoms with van der Waals surface area (Å²) >= 11 is 0. The lowest BCUT2D eigenvalue weighted by molar-refractivity contribution is 0.137. The lowest BCUT2D eigenvalue weighted by atomic mass is 10.0. The monoisotopic (exact) mass is 253 g/mol. The molecule has 1 aromatic rings. The minimum atomic E-state index is -0.0599. The van der Waals surface area contributed by atoms with Crippen molar-refractivity contribution in [3.05, 3.63) is 29.8 Å². The largest absolute Gasteiger partial charge is 0.491 e. The van der Waals surface area contributed by atoms with E-state index in [-0.39, 0.29) is 6.04 Å². The van der Waals surface area contributed by atoms with E-state index >= 15 is 0 Å². The van der Waals surface area contributed by atoms with Crippen LogP contribution in [-0.4, -0.2) is 33.5 Å². The van der Waals surface area contributed by atoms with Gasteiger partial charge in [-0.25, -0.2) is 0 Å². The van der Waals surface area contributed by atoms with E-state index in [0.29, 0.717) is 19.8 Å². The Morgan fingerprint density at radius 3 is 2.67 bits per heavy atom. The van der Waals surface area contributed by atoms with E-state index in [1.165, 1.54) is 0 Å². The van der Waals surface area contributed by atoms with Gasteiger partial charge in [-0.3, -0.25) is 0 Å². The molecule has 1 aromatic carbocycles. The number of benzene rings is 1. The Hall–Kier alpha value is -1.10. The SMILES string of the molecule is CCOCCC(N)c1ccccc1OCCOC. The summed E-state index contributed by atoms with van der Waals surface area (Å²) in [7, 11) is 1.66. The van der Waals surface area contributed by atoms with Crippen LogP contribution < -0.4 is 10.5 Å². The fourth-order valence-corrected chi connectivity index (χ4v) is 1.66. The summed E-state index contributed by atoms with van der Waals surface area (Å²) in [4.78, 5) is 0. The van der Waals surface area contributed by atoms with E-state index in [4.69, 9.17) is 19.9 Å². The van der Waals surface area contributed by atoms with Crippen LogP contribution in [0, 0.1) is 0 Å². The van der Waals surface area contributed by atoms with Crippen molar-refractivity contribution in [1.82, 2.24) is 0 Å². The number of nitrogens with two attached hydrogens (primary N) is 1. The number of hydrogen-bond acceptors (Lipinski definition) is 4. The van der Waals surface area contributed by atoms with Crippen LogP contribution in [0.1, 0.15) is 24.9 Å². The minimum absolute atomic E-state index is 0.0599. The molecule has 1 unspecified atom stereocenters. The Kier molecular flexibility index (Phi) is 7.41. The summed E-state index contributed by atoms with van der Waals surface area (Å²) in [6.07, 6.45) is 0.790. The van der Waals surface area contributed by atoms with Crippen LogP contribution in [0.4, 0.5) is 0 Å². The van der Waals surface area contributed by atoms with E-state index in [9.17, 15) is 0 Å². The Morgan fingerprint density at radius 2 is 1.94 bits per heavy atom. The van der Waals surface area contributed by atoms with Gasteiger partial charge < -0.3 is 19.9 Å². The number of ether oxygens (including phenoxy) is 3. The van der Waals surface area contributed by atoms with Crippen molar-refractivity contribution in [3.8, 4) is 5.75 Å². The first-order valence-corrected chi connectivity index (χ1v) is 6.33. The predicted molar refractivity (Wildman–Crippen MR) is 71.9 cm³/mol. The highest BCUT2D eigenvalue weighted by atomic mass is 16.5. The molecule has 0 heterocycles. The van der Waals surface area contributed by atoms with Gasteiger partial charge in [0, 0.05) is 31.9 Å². The van der Waals surface area contributed by atoms with Gasteiger partial charge >= 0.3 is 0 Å². The average molecular weight is 253 g/mol. The van der Waals surface area contributed by atoms with Gasteiger partial charge in [0.1, 0.15) is 12.4 Å². The van der Waals surface area contributed by atoms with E-state index in [1.807, 2.05) is 31.2 Å². The van der Waals surface area contributed by atoms with Crippen LogP contribution in [-0.2, 0) is 9.47 Å². The molecular formula is C14H23NO3. The Balaban J connectivity index is 2.56. The Morgan fingerprint density at radius 1 is 1.17 bits per heavy atom. The lowest BCUT2D eigenvalue weighted by Crippen LogP contribution is -2.15. The molecule has 0 aliphatic carbocycles. The summed E-state index contributed by atoms with van der Waals surface area (Å²) in [5.41, 5.74) is 7.17. The molecule has 0 aliphatic rings. The van der Waals surface area contributed by atoms with Crippen molar-refractivity contribution in [3.63, 3.8) is 0 Å². The molecule has 0 aliphatic heterocycles. The summed E-state index contributed by atoms with van der Waals surface area (Å²) in [5.74, 6) is 0.832. The van der Waals surface area contributed by atoms with Crippen LogP contribution in [0.5, 0.6) is 5.75 Å². The topological polar surface area (TPSA) is 53.7 Å². The van der Waals surface area contributed by atoms with Gasteiger partial charge in [0.05, 0.1) is 6.61 Å². The summed E-state index contributed by atoms with van der Waals surface area (Å²) in [6, 6.07) is 7.79. The summed E-state index contributed by atoms with van der Waals surface area (Å²) in [5, 5.41) is 0. The number of para-hydroxylation sites is 1. The molecule has 1 rings (SSSR count). The zero-order valence-electron chi connectivity index (χ0n) is 11.2. The molecule has 0 fully saturated rings.